The summed E-state index contributed by atoms with van der Waals surface area (Å²) in [5.41, 5.74) is 16.6. The predicted molar refractivity (Wildman–Crippen MR) is 240 cm³/mol. The van der Waals surface area contributed by atoms with Crippen LogP contribution in [0.25, 0.3) is 33.4 Å². The first-order valence-corrected chi connectivity index (χ1v) is 24.4. The zero-order chi connectivity index (χ0) is 39.2. The van der Waals surface area contributed by atoms with E-state index in [1.54, 1.807) is 15.3 Å². The SMILES string of the molecule is CC(C)(C)c1cc2c(cc1-c1ccccc1)Cc1c-2cc(C(C)(C)C)c(-c2ccccc2)[c]1[Zr]([C]1=CC=CC1)=[C](Cc1ccc(Cl)cc1)Cc1ccc(Cl)cc1. The Labute approximate surface area is 352 Å². The van der Waals surface area contributed by atoms with Gasteiger partial charge in [0.25, 0.3) is 0 Å². The van der Waals surface area contributed by atoms with Gasteiger partial charge in [0.1, 0.15) is 0 Å². The molecule has 0 saturated heterocycles. The van der Waals surface area contributed by atoms with E-state index in [4.69, 9.17) is 23.2 Å². The third-order valence-corrected chi connectivity index (χ3v) is 19.6. The van der Waals surface area contributed by atoms with Crippen LogP contribution in [0.5, 0.6) is 0 Å². The summed E-state index contributed by atoms with van der Waals surface area (Å²) in [5, 5.41) is 1.55. The first kappa shape index (κ1) is 39.0. The molecule has 0 radical (unpaired) electrons. The molecule has 0 unspecified atom stereocenters. The number of benzene rings is 6. The second-order valence-electron chi connectivity index (χ2n) is 17.6. The van der Waals surface area contributed by atoms with E-state index in [2.05, 4.69) is 187 Å². The van der Waals surface area contributed by atoms with Crippen molar-refractivity contribution in [2.24, 2.45) is 0 Å². The van der Waals surface area contributed by atoms with Crippen molar-refractivity contribution in [3.8, 4) is 33.4 Å². The molecule has 280 valence electrons. The van der Waals surface area contributed by atoms with Gasteiger partial charge in [-0.05, 0) is 0 Å². The van der Waals surface area contributed by atoms with Crippen LogP contribution in [0.15, 0.2) is 149 Å². The first-order valence-electron chi connectivity index (χ1n) is 19.9. The molecule has 6 aromatic carbocycles. The van der Waals surface area contributed by atoms with E-state index in [1.807, 2.05) is 0 Å². The van der Waals surface area contributed by atoms with Crippen LogP contribution in [0, 0.1) is 0 Å². The van der Waals surface area contributed by atoms with Crippen molar-refractivity contribution in [2.75, 3.05) is 0 Å². The van der Waals surface area contributed by atoms with Crippen LogP contribution >= 0.6 is 23.2 Å². The van der Waals surface area contributed by atoms with Crippen LogP contribution in [0.1, 0.15) is 81.3 Å². The van der Waals surface area contributed by atoms with E-state index in [9.17, 15) is 0 Å². The van der Waals surface area contributed by atoms with E-state index >= 15 is 0 Å². The maximum atomic E-state index is 6.48. The van der Waals surface area contributed by atoms with Gasteiger partial charge < -0.3 is 0 Å². The van der Waals surface area contributed by atoms with E-state index < -0.39 is 21.3 Å². The van der Waals surface area contributed by atoms with Crippen molar-refractivity contribution < 1.29 is 21.3 Å². The zero-order valence-electron chi connectivity index (χ0n) is 33.4. The molecule has 3 heteroatoms. The Morgan fingerprint density at radius 2 is 1.12 bits per heavy atom. The molecule has 0 aromatic heterocycles. The number of halogens is 2. The molecular weight excluding hydrogens is 799 g/mol. The molecule has 0 fully saturated rings. The van der Waals surface area contributed by atoms with E-state index in [-0.39, 0.29) is 10.8 Å². The summed E-state index contributed by atoms with van der Waals surface area (Å²) in [6, 6.07) is 47.2. The molecule has 0 amide bonds. The van der Waals surface area contributed by atoms with Gasteiger partial charge in [-0.15, -0.1) is 0 Å². The maximum absolute atomic E-state index is 6.48. The average molecular weight is 849 g/mol. The van der Waals surface area contributed by atoms with Gasteiger partial charge in [0.15, 0.2) is 0 Å². The fraction of sp³-hybridized carbons (Fsp3) is 0.226. The molecule has 0 N–H and O–H groups in total. The van der Waals surface area contributed by atoms with E-state index in [0.29, 0.717) is 0 Å². The topological polar surface area (TPSA) is 0 Å². The molecule has 0 nitrogen and oxygen atoms in total. The molecule has 0 atom stereocenters. The summed E-state index contributed by atoms with van der Waals surface area (Å²) in [7, 11) is 0. The Hall–Kier alpha value is -3.87. The average Bonchev–Trinajstić information content (AvgIpc) is 3.84. The third kappa shape index (κ3) is 7.98. The number of hydrogen-bond donors (Lipinski definition) is 0. The summed E-state index contributed by atoms with van der Waals surface area (Å²) < 4.78 is 4.98. The minimum atomic E-state index is -2.97. The molecule has 2 aliphatic carbocycles. The number of rotatable bonds is 8. The molecule has 0 bridgehead atoms. The second kappa shape index (κ2) is 15.8. The third-order valence-electron chi connectivity index (χ3n) is 11.5. The van der Waals surface area contributed by atoms with E-state index in [1.165, 1.54) is 61.2 Å². The van der Waals surface area contributed by atoms with Gasteiger partial charge in [0.05, 0.1) is 0 Å². The summed E-state index contributed by atoms with van der Waals surface area (Å²) in [4.78, 5) is 0. The van der Waals surface area contributed by atoms with Gasteiger partial charge in [0.2, 0.25) is 0 Å². The Bertz CT molecular complexity index is 2460. The summed E-state index contributed by atoms with van der Waals surface area (Å²) in [5.74, 6) is 0. The normalized spacial score (nSPS) is 13.4. The van der Waals surface area contributed by atoms with Crippen molar-refractivity contribution >= 4 is 29.7 Å². The van der Waals surface area contributed by atoms with Crippen LogP contribution in [-0.2, 0) is 51.4 Å². The molecule has 0 spiro atoms. The summed E-state index contributed by atoms with van der Waals surface area (Å²) >= 11 is 9.98. The fourth-order valence-corrected chi connectivity index (χ4v) is 17.7. The first-order chi connectivity index (χ1) is 26.8. The van der Waals surface area contributed by atoms with Gasteiger partial charge in [0, 0.05) is 0 Å². The van der Waals surface area contributed by atoms with Gasteiger partial charge >= 0.3 is 355 Å². The van der Waals surface area contributed by atoms with Gasteiger partial charge in [-0.2, -0.15) is 0 Å². The van der Waals surface area contributed by atoms with Crippen LogP contribution in [0.2, 0.25) is 10.0 Å². The van der Waals surface area contributed by atoms with Crippen LogP contribution in [0.3, 0.4) is 0 Å². The monoisotopic (exact) mass is 846 g/mol. The molecule has 56 heavy (non-hydrogen) atoms. The quantitative estimate of drug-likeness (QED) is 0.143. The van der Waals surface area contributed by atoms with Crippen LogP contribution in [0.4, 0.5) is 0 Å². The van der Waals surface area contributed by atoms with Crippen LogP contribution in [-0.4, -0.2) is 3.21 Å². The summed E-state index contributed by atoms with van der Waals surface area (Å²) in [6.45, 7) is 14.3. The molecule has 0 aliphatic heterocycles. The second-order valence-corrected chi connectivity index (χ2v) is 24.8. The van der Waals surface area contributed by atoms with Gasteiger partial charge in [-0.1, -0.05) is 0 Å². The number of allylic oxidation sites excluding steroid dienone is 4. The van der Waals surface area contributed by atoms with Crippen molar-refractivity contribution in [3.63, 3.8) is 0 Å². The van der Waals surface area contributed by atoms with Crippen molar-refractivity contribution in [3.05, 3.63) is 192 Å². The van der Waals surface area contributed by atoms with E-state index in [0.717, 1.165) is 35.7 Å². The standard InChI is InChI=1S/C33H33.C15H12Cl2.C5H5.Zr/c1-32(2,3)30-20-26-24(18-28(30)22-13-9-7-10-14-22)17-25-19-29(23-15-11-8-12-16-23)31(21-27(25)26)33(4,5)6;16-14-8-4-12(5-9-14)2-1-3-13-6-10-15(17)11-7-13;1-2-4-5-3-1;/h7-16,18,20-21H,17H2,1-6H3;4-11H,2-3H2;1-3H,4H2;. The fourth-order valence-electron chi connectivity index (χ4n) is 8.76. The molecule has 2 aliphatic rings. The van der Waals surface area contributed by atoms with Crippen molar-refractivity contribution in [1.82, 2.24) is 0 Å². The predicted octanol–water partition coefficient (Wildman–Crippen LogP) is 14.2. The molecule has 8 rings (SSSR count). The summed E-state index contributed by atoms with van der Waals surface area (Å²) in [6.07, 6.45) is 11.0. The minimum absolute atomic E-state index is 0.0258. The van der Waals surface area contributed by atoms with Crippen LogP contribution < -0.4 is 3.27 Å². The Balaban J connectivity index is 1.49. The molecule has 0 heterocycles. The van der Waals surface area contributed by atoms with Gasteiger partial charge in [-0.3, -0.25) is 0 Å². The van der Waals surface area contributed by atoms with Crippen molar-refractivity contribution in [1.29, 1.82) is 0 Å². The molecule has 0 saturated carbocycles. The Kier molecular flexibility index (Phi) is 11.0. The zero-order valence-corrected chi connectivity index (χ0v) is 37.4. The number of hydrogen-bond acceptors (Lipinski definition) is 0. The van der Waals surface area contributed by atoms with Crippen molar-refractivity contribution in [2.45, 2.75) is 78.1 Å². The number of fused-ring (bicyclic) bond motifs is 3. The Morgan fingerprint density at radius 1 is 0.589 bits per heavy atom. The van der Waals surface area contributed by atoms with Gasteiger partial charge in [-0.25, -0.2) is 0 Å². The molecule has 6 aromatic rings. The molecular formula is C53H50Cl2Zr. The Morgan fingerprint density at radius 3 is 1.64 bits per heavy atom.